The number of para-hydroxylation sites is 2. The van der Waals surface area contributed by atoms with E-state index in [2.05, 4.69) is 16.0 Å². The van der Waals surface area contributed by atoms with Crippen molar-refractivity contribution in [3.8, 4) is 6.07 Å². The fourth-order valence-electron chi connectivity index (χ4n) is 3.12. The second kappa shape index (κ2) is 6.07. The van der Waals surface area contributed by atoms with E-state index in [4.69, 9.17) is 15.5 Å². The smallest absolute Gasteiger partial charge is 0.162 e. The number of nitrogens with zero attached hydrogens (tertiary/aromatic N) is 5. The van der Waals surface area contributed by atoms with E-state index in [9.17, 15) is 5.26 Å². The van der Waals surface area contributed by atoms with Crippen LogP contribution < -0.4 is 5.73 Å². The number of nitrogen functional groups attached to an aromatic ring is 1. The number of fused-ring (bicyclic) bond motifs is 2. The maximum atomic E-state index is 9.48. The zero-order chi connectivity index (χ0) is 16.5. The minimum absolute atomic E-state index is 0.408. The summed E-state index contributed by atoms with van der Waals surface area (Å²) in [5.41, 5.74) is 9.46. The molecule has 1 aromatic carbocycles. The van der Waals surface area contributed by atoms with Crippen molar-refractivity contribution in [2.45, 2.75) is 6.54 Å². The molecule has 1 aliphatic rings. The van der Waals surface area contributed by atoms with Crippen molar-refractivity contribution in [2.75, 3.05) is 38.6 Å². The van der Waals surface area contributed by atoms with Crippen molar-refractivity contribution in [2.24, 2.45) is 0 Å². The van der Waals surface area contributed by atoms with Crippen molar-refractivity contribution in [1.29, 1.82) is 5.26 Å². The lowest BCUT2D eigenvalue weighted by Crippen LogP contribution is -2.38. The highest BCUT2D eigenvalue weighted by molar-refractivity contribution is 5.92. The van der Waals surface area contributed by atoms with E-state index >= 15 is 0 Å². The molecule has 4 rings (SSSR count). The van der Waals surface area contributed by atoms with Gasteiger partial charge < -0.3 is 15.0 Å². The molecular weight excluding hydrogens is 304 g/mol. The summed E-state index contributed by atoms with van der Waals surface area (Å²) >= 11 is 0. The van der Waals surface area contributed by atoms with E-state index in [0.717, 1.165) is 43.9 Å². The molecule has 0 bridgehead atoms. The third-order valence-electron chi connectivity index (χ3n) is 4.45. The molecule has 3 heterocycles. The number of aromatic nitrogens is 3. The Morgan fingerprint density at radius 1 is 1.12 bits per heavy atom. The van der Waals surface area contributed by atoms with Crippen molar-refractivity contribution in [1.82, 2.24) is 19.4 Å². The van der Waals surface area contributed by atoms with Crippen LogP contribution in [0.3, 0.4) is 0 Å². The Hall–Kier alpha value is -2.69. The first kappa shape index (κ1) is 14.9. The molecule has 0 aliphatic carbocycles. The van der Waals surface area contributed by atoms with E-state index in [0.29, 0.717) is 29.1 Å². The fraction of sp³-hybridized carbons (Fsp3) is 0.353. The van der Waals surface area contributed by atoms with Gasteiger partial charge in [-0.2, -0.15) is 5.26 Å². The van der Waals surface area contributed by atoms with Gasteiger partial charge in [-0.3, -0.25) is 4.90 Å². The largest absolute Gasteiger partial charge is 0.384 e. The van der Waals surface area contributed by atoms with Gasteiger partial charge in [0.25, 0.3) is 0 Å². The van der Waals surface area contributed by atoms with Crippen LogP contribution in [0, 0.1) is 11.3 Å². The first-order chi connectivity index (χ1) is 11.8. The number of hydrogen-bond acceptors (Lipinski definition) is 6. The Morgan fingerprint density at radius 3 is 2.54 bits per heavy atom. The van der Waals surface area contributed by atoms with E-state index in [-0.39, 0.29) is 0 Å². The molecule has 0 amide bonds. The molecule has 0 unspecified atom stereocenters. The fourth-order valence-corrected chi connectivity index (χ4v) is 3.12. The van der Waals surface area contributed by atoms with Crippen LogP contribution in [0.2, 0.25) is 0 Å². The topological polar surface area (TPSA) is 93.0 Å². The van der Waals surface area contributed by atoms with Crippen LogP contribution in [-0.2, 0) is 11.3 Å². The van der Waals surface area contributed by atoms with Gasteiger partial charge in [-0.15, -0.1) is 0 Å². The lowest BCUT2D eigenvalue weighted by Gasteiger charge is -2.26. The van der Waals surface area contributed by atoms with Crippen LogP contribution in [0.1, 0.15) is 5.56 Å². The summed E-state index contributed by atoms with van der Waals surface area (Å²) < 4.78 is 7.28. The maximum absolute atomic E-state index is 9.48. The quantitative estimate of drug-likeness (QED) is 0.783. The number of anilines is 1. The van der Waals surface area contributed by atoms with E-state index in [1.54, 1.807) is 0 Å². The summed E-state index contributed by atoms with van der Waals surface area (Å²) in [7, 11) is 0. The highest BCUT2D eigenvalue weighted by Gasteiger charge is 2.19. The highest BCUT2D eigenvalue weighted by Crippen LogP contribution is 2.27. The summed E-state index contributed by atoms with van der Waals surface area (Å²) in [4.78, 5) is 11.6. The standard InChI is InChI=1S/C17H18N6O/c18-11-12-15-17(21-14-4-2-1-3-13(14)20-15)23(16(12)19)6-5-22-7-9-24-10-8-22/h1-4H,5-10,19H2. The number of nitrogens with two attached hydrogens (primary N) is 1. The Morgan fingerprint density at radius 2 is 1.83 bits per heavy atom. The molecule has 2 N–H and O–H groups in total. The normalized spacial score (nSPS) is 15.8. The van der Waals surface area contributed by atoms with Gasteiger partial charge in [-0.05, 0) is 12.1 Å². The molecule has 0 atom stereocenters. The van der Waals surface area contributed by atoms with Crippen molar-refractivity contribution < 1.29 is 4.74 Å². The van der Waals surface area contributed by atoms with Gasteiger partial charge in [0.15, 0.2) is 5.65 Å². The van der Waals surface area contributed by atoms with Crippen molar-refractivity contribution in [3.63, 3.8) is 0 Å². The molecule has 2 aromatic heterocycles. The highest BCUT2D eigenvalue weighted by atomic mass is 16.5. The summed E-state index contributed by atoms with van der Waals surface area (Å²) in [5, 5.41) is 9.48. The summed E-state index contributed by atoms with van der Waals surface area (Å²) in [5.74, 6) is 0.441. The maximum Gasteiger partial charge on any atom is 0.162 e. The third kappa shape index (κ3) is 2.46. The van der Waals surface area contributed by atoms with E-state index in [1.807, 2.05) is 28.8 Å². The number of ether oxygens (including phenoxy) is 1. The van der Waals surface area contributed by atoms with Gasteiger partial charge in [-0.25, -0.2) is 9.97 Å². The molecular formula is C17H18N6O. The molecule has 24 heavy (non-hydrogen) atoms. The van der Waals surface area contributed by atoms with Crippen LogP contribution in [-0.4, -0.2) is 52.3 Å². The van der Waals surface area contributed by atoms with E-state index in [1.165, 1.54) is 0 Å². The molecule has 122 valence electrons. The molecule has 1 fully saturated rings. The van der Waals surface area contributed by atoms with Crippen LogP contribution in [0.25, 0.3) is 22.2 Å². The lowest BCUT2D eigenvalue weighted by atomic mass is 10.2. The van der Waals surface area contributed by atoms with Gasteiger partial charge in [0, 0.05) is 26.2 Å². The minimum Gasteiger partial charge on any atom is -0.384 e. The average molecular weight is 322 g/mol. The molecule has 3 aromatic rings. The zero-order valence-corrected chi connectivity index (χ0v) is 13.3. The summed E-state index contributed by atoms with van der Waals surface area (Å²) in [6, 6.07) is 9.83. The average Bonchev–Trinajstić information content (AvgIpc) is 2.89. The Labute approximate surface area is 139 Å². The molecule has 0 spiro atoms. The Bertz CT molecular complexity index is 936. The van der Waals surface area contributed by atoms with Gasteiger partial charge in [-0.1, -0.05) is 12.1 Å². The molecule has 0 radical (unpaired) electrons. The second-order valence-corrected chi connectivity index (χ2v) is 5.86. The molecule has 0 saturated carbocycles. The molecule has 7 nitrogen and oxygen atoms in total. The van der Waals surface area contributed by atoms with Crippen LogP contribution in [0.5, 0.6) is 0 Å². The molecule has 1 saturated heterocycles. The monoisotopic (exact) mass is 322 g/mol. The Kier molecular flexibility index (Phi) is 3.76. The molecule has 1 aliphatic heterocycles. The van der Waals surface area contributed by atoms with Gasteiger partial charge in [0.2, 0.25) is 0 Å². The first-order valence-corrected chi connectivity index (χ1v) is 8.02. The minimum atomic E-state index is 0.408. The van der Waals surface area contributed by atoms with Crippen molar-refractivity contribution >= 4 is 28.0 Å². The van der Waals surface area contributed by atoms with Gasteiger partial charge in [0.05, 0.1) is 24.2 Å². The van der Waals surface area contributed by atoms with Crippen LogP contribution in [0.4, 0.5) is 5.82 Å². The number of nitriles is 1. The van der Waals surface area contributed by atoms with Crippen LogP contribution >= 0.6 is 0 Å². The van der Waals surface area contributed by atoms with Crippen molar-refractivity contribution in [3.05, 3.63) is 29.8 Å². The number of rotatable bonds is 3. The lowest BCUT2D eigenvalue weighted by molar-refractivity contribution is 0.0366. The van der Waals surface area contributed by atoms with E-state index < -0.39 is 0 Å². The number of benzene rings is 1. The Balaban J connectivity index is 1.77. The summed E-state index contributed by atoms with van der Waals surface area (Å²) in [6.45, 7) is 4.87. The van der Waals surface area contributed by atoms with Gasteiger partial charge >= 0.3 is 0 Å². The SMILES string of the molecule is N#Cc1c(N)n(CCN2CCOCC2)c2nc3ccccc3nc12. The van der Waals surface area contributed by atoms with Gasteiger partial charge in [0.1, 0.15) is 23.0 Å². The first-order valence-electron chi connectivity index (χ1n) is 8.02. The summed E-state index contributed by atoms with van der Waals surface area (Å²) in [6.07, 6.45) is 0. The number of morpholine rings is 1. The predicted molar refractivity (Wildman–Crippen MR) is 91.4 cm³/mol. The number of hydrogen-bond donors (Lipinski definition) is 1. The second-order valence-electron chi connectivity index (χ2n) is 5.86. The zero-order valence-electron chi connectivity index (χ0n) is 13.3. The molecule has 7 heteroatoms. The third-order valence-corrected chi connectivity index (χ3v) is 4.45. The van der Waals surface area contributed by atoms with Crippen LogP contribution in [0.15, 0.2) is 24.3 Å². The predicted octanol–water partition coefficient (Wildman–Crippen LogP) is 1.37.